The van der Waals surface area contributed by atoms with Crippen molar-refractivity contribution in [1.29, 1.82) is 0 Å². The first kappa shape index (κ1) is 17.2. The normalized spacial score (nSPS) is 16.1. The second kappa shape index (κ2) is 6.73. The van der Waals surface area contributed by atoms with Crippen LogP contribution < -0.4 is 10.2 Å². The number of carbonyl (C=O) groups excluding carboxylic acids is 1. The molecule has 0 aliphatic carbocycles. The number of anilines is 1. The van der Waals surface area contributed by atoms with E-state index in [1.807, 2.05) is 4.90 Å². The first-order chi connectivity index (χ1) is 11.8. The first-order valence-corrected chi connectivity index (χ1v) is 7.91. The molecular weight excluding hydrogens is 335 g/mol. The number of piperidine rings is 1. The lowest BCUT2D eigenvalue weighted by molar-refractivity contribution is -0.141. The van der Waals surface area contributed by atoms with Crippen molar-refractivity contribution in [3.8, 4) is 0 Å². The molecule has 0 bridgehead atoms. The number of hydrogen-bond acceptors (Lipinski definition) is 4. The molecule has 1 amide bonds. The second-order valence-electron chi connectivity index (χ2n) is 5.97. The Morgan fingerprint density at radius 1 is 1.24 bits per heavy atom. The number of alkyl halides is 3. The van der Waals surface area contributed by atoms with E-state index in [0.29, 0.717) is 37.3 Å². The van der Waals surface area contributed by atoms with Gasteiger partial charge in [0.05, 0.1) is 11.9 Å². The van der Waals surface area contributed by atoms with Crippen LogP contribution in [0.4, 0.5) is 18.9 Å². The molecule has 1 N–H and O–H groups in total. The summed E-state index contributed by atoms with van der Waals surface area (Å²) in [4.78, 5) is 17.6. The summed E-state index contributed by atoms with van der Waals surface area (Å²) < 4.78 is 39.2. The molecule has 1 fully saturated rings. The molecule has 0 unspecified atom stereocenters. The van der Waals surface area contributed by atoms with E-state index >= 15 is 0 Å². The van der Waals surface area contributed by atoms with Gasteiger partial charge >= 0.3 is 6.18 Å². The van der Waals surface area contributed by atoms with Crippen LogP contribution in [0.25, 0.3) is 0 Å². The van der Waals surface area contributed by atoms with Gasteiger partial charge in [-0.3, -0.25) is 9.48 Å². The van der Waals surface area contributed by atoms with Crippen LogP contribution in [0.2, 0.25) is 0 Å². The molecule has 1 aliphatic heterocycles. The SMILES string of the molecule is Cn1nccc1C(=O)NC1CCN(c2ccc(C(F)(F)F)nc2)CC1. The molecule has 2 aromatic rings. The summed E-state index contributed by atoms with van der Waals surface area (Å²) >= 11 is 0. The zero-order valence-corrected chi connectivity index (χ0v) is 13.6. The zero-order chi connectivity index (χ0) is 18.0. The van der Waals surface area contributed by atoms with E-state index in [0.717, 1.165) is 6.07 Å². The highest BCUT2D eigenvalue weighted by atomic mass is 19.4. The van der Waals surface area contributed by atoms with Crippen molar-refractivity contribution in [3.05, 3.63) is 42.0 Å². The quantitative estimate of drug-likeness (QED) is 0.919. The maximum atomic E-state index is 12.6. The van der Waals surface area contributed by atoms with Crippen molar-refractivity contribution < 1.29 is 18.0 Å². The van der Waals surface area contributed by atoms with Gasteiger partial charge in [0.2, 0.25) is 0 Å². The maximum absolute atomic E-state index is 12.6. The molecule has 6 nitrogen and oxygen atoms in total. The highest BCUT2D eigenvalue weighted by Crippen LogP contribution is 2.29. The van der Waals surface area contributed by atoms with Gasteiger partial charge in [-0.2, -0.15) is 18.3 Å². The Labute approximate surface area is 142 Å². The van der Waals surface area contributed by atoms with Crippen LogP contribution in [-0.4, -0.2) is 39.8 Å². The number of halogens is 3. The number of hydrogen-bond donors (Lipinski definition) is 1. The number of pyridine rings is 1. The second-order valence-corrected chi connectivity index (χ2v) is 5.97. The Kier molecular flexibility index (Phi) is 4.65. The van der Waals surface area contributed by atoms with Crippen molar-refractivity contribution >= 4 is 11.6 Å². The molecule has 0 atom stereocenters. The van der Waals surface area contributed by atoms with Crippen LogP contribution in [0.5, 0.6) is 0 Å². The zero-order valence-electron chi connectivity index (χ0n) is 13.6. The fraction of sp³-hybridized carbons (Fsp3) is 0.438. The van der Waals surface area contributed by atoms with E-state index in [9.17, 15) is 18.0 Å². The van der Waals surface area contributed by atoms with Crippen molar-refractivity contribution in [2.75, 3.05) is 18.0 Å². The summed E-state index contributed by atoms with van der Waals surface area (Å²) in [6, 6.07) is 4.11. The molecule has 3 heterocycles. The van der Waals surface area contributed by atoms with Gasteiger partial charge in [-0.05, 0) is 31.0 Å². The third-order valence-electron chi connectivity index (χ3n) is 4.29. The topological polar surface area (TPSA) is 63.1 Å². The smallest absolute Gasteiger partial charge is 0.370 e. The monoisotopic (exact) mass is 353 g/mol. The summed E-state index contributed by atoms with van der Waals surface area (Å²) in [7, 11) is 1.70. The van der Waals surface area contributed by atoms with E-state index in [1.165, 1.54) is 16.9 Å². The molecule has 0 saturated carbocycles. The lowest BCUT2D eigenvalue weighted by Gasteiger charge is -2.33. The average molecular weight is 353 g/mol. The van der Waals surface area contributed by atoms with Crippen molar-refractivity contribution in [2.24, 2.45) is 7.05 Å². The van der Waals surface area contributed by atoms with Gasteiger partial charge in [-0.15, -0.1) is 0 Å². The van der Waals surface area contributed by atoms with E-state index in [-0.39, 0.29) is 11.9 Å². The molecule has 2 aromatic heterocycles. The van der Waals surface area contributed by atoms with Gasteiger partial charge in [0.1, 0.15) is 11.4 Å². The van der Waals surface area contributed by atoms with Crippen LogP contribution >= 0.6 is 0 Å². The molecule has 134 valence electrons. The number of rotatable bonds is 3. The third-order valence-corrected chi connectivity index (χ3v) is 4.29. The average Bonchev–Trinajstić information content (AvgIpc) is 3.01. The van der Waals surface area contributed by atoms with Crippen LogP contribution in [0.15, 0.2) is 30.6 Å². The standard InChI is InChI=1S/C16H18F3N5O/c1-23-13(4-7-21-23)15(25)22-11-5-8-24(9-6-11)12-2-3-14(20-10-12)16(17,18)19/h2-4,7,10-11H,5-6,8-9H2,1H3,(H,22,25). The minimum Gasteiger partial charge on any atom is -0.370 e. The summed E-state index contributed by atoms with van der Waals surface area (Å²) in [5.74, 6) is -0.172. The molecule has 25 heavy (non-hydrogen) atoms. The Hall–Kier alpha value is -2.58. The van der Waals surface area contributed by atoms with Gasteiger partial charge in [0.15, 0.2) is 0 Å². The number of nitrogens with one attached hydrogen (secondary N) is 1. The lowest BCUT2D eigenvalue weighted by Crippen LogP contribution is -2.45. The molecule has 1 saturated heterocycles. The van der Waals surface area contributed by atoms with Crippen LogP contribution in [0, 0.1) is 0 Å². The molecule has 3 rings (SSSR count). The summed E-state index contributed by atoms with van der Waals surface area (Å²) in [5.41, 5.74) is 0.258. The predicted molar refractivity (Wildman–Crippen MR) is 85.1 cm³/mol. The van der Waals surface area contributed by atoms with Crippen molar-refractivity contribution in [1.82, 2.24) is 20.1 Å². The van der Waals surface area contributed by atoms with E-state index in [2.05, 4.69) is 15.4 Å². The Balaban J connectivity index is 1.55. The Bertz CT molecular complexity index is 733. The minimum absolute atomic E-state index is 0.0288. The van der Waals surface area contributed by atoms with Gasteiger partial charge in [0, 0.05) is 32.4 Å². The fourth-order valence-electron chi connectivity index (χ4n) is 2.88. The highest BCUT2D eigenvalue weighted by Gasteiger charge is 2.32. The predicted octanol–water partition coefficient (Wildman–Crippen LogP) is 2.23. The van der Waals surface area contributed by atoms with Crippen LogP contribution in [-0.2, 0) is 13.2 Å². The largest absolute Gasteiger partial charge is 0.433 e. The number of nitrogens with zero attached hydrogens (tertiary/aromatic N) is 4. The number of carbonyl (C=O) groups is 1. The van der Waals surface area contributed by atoms with Crippen molar-refractivity contribution in [2.45, 2.75) is 25.1 Å². The molecule has 9 heteroatoms. The van der Waals surface area contributed by atoms with E-state index in [1.54, 1.807) is 19.3 Å². The number of aryl methyl sites for hydroxylation is 1. The minimum atomic E-state index is -4.43. The van der Waals surface area contributed by atoms with Gasteiger partial charge in [-0.1, -0.05) is 0 Å². The summed E-state index contributed by atoms with van der Waals surface area (Å²) in [6.45, 7) is 1.28. The van der Waals surface area contributed by atoms with Crippen molar-refractivity contribution in [3.63, 3.8) is 0 Å². The van der Waals surface area contributed by atoms with Crippen LogP contribution in [0.1, 0.15) is 29.0 Å². The first-order valence-electron chi connectivity index (χ1n) is 7.91. The van der Waals surface area contributed by atoms with E-state index in [4.69, 9.17) is 0 Å². The number of amides is 1. The number of aromatic nitrogens is 3. The highest BCUT2D eigenvalue weighted by molar-refractivity contribution is 5.92. The molecular formula is C16H18F3N5O. The van der Waals surface area contributed by atoms with Crippen LogP contribution in [0.3, 0.4) is 0 Å². The third kappa shape index (κ3) is 3.92. The molecule has 0 aromatic carbocycles. The maximum Gasteiger partial charge on any atom is 0.433 e. The van der Waals surface area contributed by atoms with Gasteiger partial charge < -0.3 is 10.2 Å². The molecule has 0 radical (unpaired) electrons. The lowest BCUT2D eigenvalue weighted by atomic mass is 10.0. The van der Waals surface area contributed by atoms with E-state index < -0.39 is 11.9 Å². The summed E-state index contributed by atoms with van der Waals surface area (Å²) in [5, 5.41) is 6.94. The van der Waals surface area contributed by atoms with Gasteiger partial charge in [-0.25, -0.2) is 4.98 Å². The molecule has 0 spiro atoms. The summed E-state index contributed by atoms with van der Waals surface area (Å²) in [6.07, 6.45) is -0.191. The Morgan fingerprint density at radius 2 is 1.96 bits per heavy atom. The fourth-order valence-corrected chi connectivity index (χ4v) is 2.88. The molecule has 1 aliphatic rings. The Morgan fingerprint density at radius 3 is 2.48 bits per heavy atom. The van der Waals surface area contributed by atoms with Gasteiger partial charge in [0.25, 0.3) is 5.91 Å².